The summed E-state index contributed by atoms with van der Waals surface area (Å²) in [4.78, 5) is 13.7. The summed E-state index contributed by atoms with van der Waals surface area (Å²) in [6.07, 6.45) is 7.19. The Kier molecular flexibility index (Phi) is 4.60. The maximum atomic E-state index is 11.6. The van der Waals surface area contributed by atoms with Crippen LogP contribution in [0, 0.1) is 12.3 Å². The molecule has 1 aliphatic heterocycles. The number of carbonyl (C=O) groups is 1. The smallest absolute Gasteiger partial charge is 0.237 e. The Bertz CT molecular complexity index is 259. The highest BCUT2D eigenvalue weighted by Gasteiger charge is 2.25. The number of likely N-dealkylation sites (tertiary alicyclic amines) is 1. The van der Waals surface area contributed by atoms with Crippen LogP contribution in [0.15, 0.2) is 0 Å². The molecule has 1 amide bonds. The number of carbonyl (C=O) groups excluding carboxylic acids is 1. The molecule has 1 fully saturated rings. The van der Waals surface area contributed by atoms with Gasteiger partial charge < -0.3 is 11.1 Å². The molecule has 3 N–H and O–H groups in total. The molecule has 0 aromatic carbocycles. The summed E-state index contributed by atoms with van der Waals surface area (Å²) in [6.45, 7) is 3.93. The fourth-order valence-electron chi connectivity index (χ4n) is 1.84. The van der Waals surface area contributed by atoms with E-state index in [0.717, 1.165) is 25.9 Å². The molecule has 0 aliphatic carbocycles. The molecule has 15 heavy (non-hydrogen) atoms. The SMILES string of the molecule is C#CCNC(=O)C(C)N1CCC[C@@H](N)C1. The number of nitrogens with one attached hydrogen (secondary N) is 1. The lowest BCUT2D eigenvalue weighted by Gasteiger charge is -2.34. The molecule has 0 radical (unpaired) electrons. The summed E-state index contributed by atoms with van der Waals surface area (Å²) in [7, 11) is 0. The number of nitrogens with zero attached hydrogens (tertiary/aromatic N) is 1. The van der Waals surface area contributed by atoms with Gasteiger partial charge in [-0.15, -0.1) is 6.42 Å². The van der Waals surface area contributed by atoms with Gasteiger partial charge in [0.1, 0.15) is 0 Å². The average Bonchev–Trinajstić information content (AvgIpc) is 2.24. The third kappa shape index (κ3) is 3.54. The average molecular weight is 209 g/mol. The zero-order chi connectivity index (χ0) is 11.3. The van der Waals surface area contributed by atoms with Crippen LogP contribution < -0.4 is 11.1 Å². The lowest BCUT2D eigenvalue weighted by molar-refractivity contribution is -0.126. The van der Waals surface area contributed by atoms with Gasteiger partial charge >= 0.3 is 0 Å². The van der Waals surface area contributed by atoms with Crippen LogP contribution in [0.4, 0.5) is 0 Å². The van der Waals surface area contributed by atoms with Crippen molar-refractivity contribution in [3.05, 3.63) is 0 Å². The van der Waals surface area contributed by atoms with Crippen LogP contribution in [0.3, 0.4) is 0 Å². The van der Waals surface area contributed by atoms with Crippen LogP contribution >= 0.6 is 0 Å². The summed E-state index contributed by atoms with van der Waals surface area (Å²) in [5, 5.41) is 2.69. The van der Waals surface area contributed by atoms with Crippen LogP contribution in [0.5, 0.6) is 0 Å². The summed E-state index contributed by atoms with van der Waals surface area (Å²) in [5.41, 5.74) is 5.86. The molecule has 1 unspecified atom stereocenters. The van der Waals surface area contributed by atoms with Gasteiger partial charge in [0, 0.05) is 12.6 Å². The fraction of sp³-hybridized carbons (Fsp3) is 0.727. The van der Waals surface area contributed by atoms with Crippen molar-refractivity contribution in [1.82, 2.24) is 10.2 Å². The minimum absolute atomic E-state index is 0.0120. The number of hydrogen-bond donors (Lipinski definition) is 2. The number of hydrogen-bond acceptors (Lipinski definition) is 3. The van der Waals surface area contributed by atoms with Crippen molar-refractivity contribution in [3.8, 4) is 12.3 Å². The summed E-state index contributed by atoms with van der Waals surface area (Å²) < 4.78 is 0. The summed E-state index contributed by atoms with van der Waals surface area (Å²) in [5.74, 6) is 2.38. The van der Waals surface area contributed by atoms with E-state index < -0.39 is 0 Å². The number of terminal acetylenes is 1. The first-order chi connectivity index (χ1) is 7.15. The van der Waals surface area contributed by atoms with Crippen molar-refractivity contribution in [2.24, 2.45) is 5.73 Å². The zero-order valence-electron chi connectivity index (χ0n) is 9.20. The fourth-order valence-corrected chi connectivity index (χ4v) is 1.84. The van der Waals surface area contributed by atoms with Crippen LogP contribution in [0.1, 0.15) is 19.8 Å². The first-order valence-electron chi connectivity index (χ1n) is 5.36. The molecule has 4 nitrogen and oxygen atoms in total. The van der Waals surface area contributed by atoms with Gasteiger partial charge in [-0.2, -0.15) is 0 Å². The highest BCUT2D eigenvalue weighted by Crippen LogP contribution is 2.11. The second-order valence-electron chi connectivity index (χ2n) is 4.00. The van der Waals surface area contributed by atoms with Gasteiger partial charge in [0.25, 0.3) is 0 Å². The summed E-state index contributed by atoms with van der Waals surface area (Å²) in [6, 6.07) is 0.0614. The van der Waals surface area contributed by atoms with Crippen molar-refractivity contribution in [2.45, 2.75) is 31.8 Å². The van der Waals surface area contributed by atoms with Crippen LogP contribution in [-0.2, 0) is 4.79 Å². The molecule has 0 spiro atoms. The highest BCUT2D eigenvalue weighted by molar-refractivity contribution is 5.81. The first-order valence-corrected chi connectivity index (χ1v) is 5.36. The van der Waals surface area contributed by atoms with Crippen LogP contribution in [0.25, 0.3) is 0 Å². The number of amides is 1. The predicted molar refractivity (Wildman–Crippen MR) is 60.1 cm³/mol. The standard InChI is InChI=1S/C11H19N3O/c1-3-6-13-11(15)9(2)14-7-4-5-10(12)8-14/h1,9-10H,4-8,12H2,2H3,(H,13,15)/t9?,10-/m1/s1. The molecule has 0 aromatic heterocycles. The third-order valence-corrected chi connectivity index (χ3v) is 2.78. The second kappa shape index (κ2) is 5.74. The second-order valence-corrected chi connectivity index (χ2v) is 4.00. The number of nitrogens with two attached hydrogens (primary N) is 1. The van der Waals surface area contributed by atoms with Crippen LogP contribution in [0.2, 0.25) is 0 Å². The van der Waals surface area contributed by atoms with E-state index in [1.54, 1.807) is 0 Å². The minimum Gasteiger partial charge on any atom is -0.344 e. The van der Waals surface area contributed by atoms with Crippen molar-refractivity contribution >= 4 is 5.91 Å². The summed E-state index contributed by atoms with van der Waals surface area (Å²) >= 11 is 0. The van der Waals surface area contributed by atoms with E-state index in [0.29, 0.717) is 6.54 Å². The molecular formula is C11H19N3O. The predicted octanol–water partition coefficient (Wildman–Crippen LogP) is -0.453. The zero-order valence-corrected chi connectivity index (χ0v) is 9.20. The van der Waals surface area contributed by atoms with Gasteiger partial charge in [0.15, 0.2) is 0 Å². The van der Waals surface area contributed by atoms with Gasteiger partial charge in [-0.3, -0.25) is 9.69 Å². The topological polar surface area (TPSA) is 58.4 Å². The van der Waals surface area contributed by atoms with E-state index in [1.807, 2.05) is 6.92 Å². The van der Waals surface area contributed by atoms with Gasteiger partial charge in [0.05, 0.1) is 12.6 Å². The molecule has 84 valence electrons. The van der Waals surface area contributed by atoms with Crippen molar-refractivity contribution in [3.63, 3.8) is 0 Å². The molecule has 1 rings (SSSR count). The Balaban J connectivity index is 2.41. The Morgan fingerprint density at radius 1 is 1.80 bits per heavy atom. The van der Waals surface area contributed by atoms with Crippen molar-refractivity contribution in [1.29, 1.82) is 0 Å². The van der Waals surface area contributed by atoms with E-state index in [4.69, 9.17) is 12.2 Å². The maximum Gasteiger partial charge on any atom is 0.237 e. The molecule has 0 saturated carbocycles. The van der Waals surface area contributed by atoms with E-state index in [2.05, 4.69) is 16.1 Å². The molecule has 1 saturated heterocycles. The molecule has 4 heteroatoms. The lowest BCUT2D eigenvalue weighted by atomic mass is 10.0. The van der Waals surface area contributed by atoms with E-state index in [-0.39, 0.29) is 18.0 Å². The highest BCUT2D eigenvalue weighted by atomic mass is 16.2. The van der Waals surface area contributed by atoms with Gasteiger partial charge in [-0.1, -0.05) is 5.92 Å². The van der Waals surface area contributed by atoms with E-state index in [1.165, 1.54) is 0 Å². The molecular weight excluding hydrogens is 190 g/mol. The van der Waals surface area contributed by atoms with Gasteiger partial charge in [-0.25, -0.2) is 0 Å². The molecule has 1 aliphatic rings. The Hall–Kier alpha value is -1.05. The van der Waals surface area contributed by atoms with Gasteiger partial charge in [-0.05, 0) is 26.3 Å². The van der Waals surface area contributed by atoms with Crippen LogP contribution in [-0.4, -0.2) is 42.5 Å². The Morgan fingerprint density at radius 2 is 2.53 bits per heavy atom. The largest absolute Gasteiger partial charge is 0.344 e. The number of rotatable bonds is 3. The first kappa shape index (κ1) is 12.0. The van der Waals surface area contributed by atoms with Crippen molar-refractivity contribution < 1.29 is 4.79 Å². The van der Waals surface area contributed by atoms with E-state index >= 15 is 0 Å². The van der Waals surface area contributed by atoms with Gasteiger partial charge in [0.2, 0.25) is 5.91 Å². The number of piperidine rings is 1. The maximum absolute atomic E-state index is 11.6. The lowest BCUT2D eigenvalue weighted by Crippen LogP contribution is -2.52. The molecule has 0 bridgehead atoms. The monoisotopic (exact) mass is 209 g/mol. The quantitative estimate of drug-likeness (QED) is 0.619. The van der Waals surface area contributed by atoms with Crippen molar-refractivity contribution in [2.75, 3.05) is 19.6 Å². The van der Waals surface area contributed by atoms with E-state index in [9.17, 15) is 4.79 Å². The third-order valence-electron chi connectivity index (χ3n) is 2.78. The molecule has 0 aromatic rings. The Morgan fingerprint density at radius 3 is 3.13 bits per heavy atom. The molecule has 1 heterocycles. The normalized spacial score (nSPS) is 24.2. The minimum atomic E-state index is -0.135. The Labute approximate surface area is 91.2 Å². The molecule has 2 atom stereocenters.